The molecule has 2 aromatic heterocycles. The number of hydrogen-bond acceptors (Lipinski definition) is 8. The summed E-state index contributed by atoms with van der Waals surface area (Å²) in [5.41, 5.74) is 8.76. The van der Waals surface area contributed by atoms with E-state index in [4.69, 9.17) is 21.9 Å². The molecule has 0 saturated heterocycles. The summed E-state index contributed by atoms with van der Waals surface area (Å²) < 4.78 is 33.2. The second-order valence-electron chi connectivity index (χ2n) is 8.63. The number of carbonyl (C=O) groups is 2. The van der Waals surface area contributed by atoms with Crippen LogP contribution in [-0.4, -0.2) is 30.6 Å². The molecule has 4 rings (SSSR count). The van der Waals surface area contributed by atoms with Crippen LogP contribution in [0.3, 0.4) is 0 Å². The fourth-order valence-corrected chi connectivity index (χ4v) is 7.28. The first-order chi connectivity index (χ1) is 18.0. The molecule has 0 radical (unpaired) electrons. The van der Waals surface area contributed by atoms with Gasteiger partial charge >= 0.3 is 0 Å². The van der Waals surface area contributed by atoms with E-state index in [1.807, 2.05) is 13.0 Å². The number of anilines is 1. The van der Waals surface area contributed by atoms with Gasteiger partial charge in [-0.3, -0.25) is 9.59 Å². The van der Waals surface area contributed by atoms with Crippen LogP contribution in [0.1, 0.15) is 42.4 Å². The highest BCUT2D eigenvalue weighted by atomic mass is 35.5. The smallest absolute Gasteiger partial charge is 0.260 e. The summed E-state index contributed by atoms with van der Waals surface area (Å²) in [6.45, 7) is 8.87. The van der Waals surface area contributed by atoms with Crippen LogP contribution in [-0.2, 0) is 9.84 Å². The molecule has 2 aromatic carbocycles. The Kier molecular flexibility index (Phi) is 7.59. The molecule has 1 amide bonds. The fraction of sp³-hybridized carbons (Fsp3) is 0.148. The third kappa shape index (κ3) is 4.90. The lowest BCUT2D eigenvalue weighted by molar-refractivity contribution is 0.0999. The molecule has 196 valence electrons. The van der Waals surface area contributed by atoms with Crippen LogP contribution in [0, 0.1) is 20.8 Å². The summed E-state index contributed by atoms with van der Waals surface area (Å²) in [5.74, 6) is -1.27. The number of benzene rings is 2. The number of ketones is 1. The molecule has 8 nitrogen and oxygen atoms in total. The Bertz CT molecular complexity index is 1670. The van der Waals surface area contributed by atoms with Gasteiger partial charge in [0.05, 0.1) is 0 Å². The maximum Gasteiger partial charge on any atom is 0.260 e. The number of aromatic nitrogens is 1. The molecule has 1 unspecified atom stereocenters. The molecule has 3 N–H and O–H groups in total. The van der Waals surface area contributed by atoms with Crippen molar-refractivity contribution in [3.05, 3.63) is 98.3 Å². The van der Waals surface area contributed by atoms with E-state index in [1.165, 1.54) is 5.38 Å². The number of sulfone groups is 1. The summed E-state index contributed by atoms with van der Waals surface area (Å²) >= 11 is 7.07. The Labute approximate surface area is 229 Å². The van der Waals surface area contributed by atoms with Crippen molar-refractivity contribution in [3.8, 4) is 11.1 Å². The van der Waals surface area contributed by atoms with Crippen molar-refractivity contribution in [3.63, 3.8) is 0 Å². The summed E-state index contributed by atoms with van der Waals surface area (Å²) in [5, 5.41) is 6.60. The van der Waals surface area contributed by atoms with Gasteiger partial charge in [-0.2, -0.15) is 0 Å². The minimum Gasteiger partial charge on any atom is -0.365 e. The number of thiophene rings is 1. The zero-order chi connectivity index (χ0) is 27.8. The largest absolute Gasteiger partial charge is 0.365 e. The van der Waals surface area contributed by atoms with Gasteiger partial charge < -0.3 is 15.6 Å². The molecule has 38 heavy (non-hydrogen) atoms. The van der Waals surface area contributed by atoms with Crippen LogP contribution in [0.15, 0.2) is 69.9 Å². The molecule has 0 saturated carbocycles. The molecule has 0 aliphatic heterocycles. The lowest BCUT2D eigenvalue weighted by Gasteiger charge is -2.19. The van der Waals surface area contributed by atoms with Gasteiger partial charge in [0, 0.05) is 22.1 Å². The van der Waals surface area contributed by atoms with Gasteiger partial charge in [-0.25, -0.2) is 8.42 Å². The highest BCUT2D eigenvalue weighted by Gasteiger charge is 2.36. The summed E-state index contributed by atoms with van der Waals surface area (Å²) in [6.07, 6.45) is 1.15. The second-order valence-corrected chi connectivity index (χ2v) is 11.9. The monoisotopic (exact) mass is 569 g/mol. The lowest BCUT2D eigenvalue weighted by Crippen LogP contribution is -2.29. The molecule has 4 aromatic rings. The van der Waals surface area contributed by atoms with Crippen LogP contribution in [0.2, 0.25) is 5.02 Å². The number of amides is 1. The van der Waals surface area contributed by atoms with Gasteiger partial charge in [-0.15, -0.1) is 11.3 Å². The number of hydrogen-bond donors (Lipinski definition) is 2. The Morgan fingerprint density at radius 2 is 1.84 bits per heavy atom. The van der Waals surface area contributed by atoms with Crippen LogP contribution in [0.4, 0.5) is 5.88 Å². The second kappa shape index (κ2) is 10.6. The van der Waals surface area contributed by atoms with Crippen molar-refractivity contribution in [1.29, 1.82) is 0 Å². The molecule has 11 heteroatoms. The number of rotatable bonds is 9. The SMILES string of the molecule is C=CC(Nc1onc(C)c1Cl)S(=O)(=O)c1c(-c2cc(C)cc(C)c2C(=O)c2ccccc2)csc1C(N)=O. The minimum absolute atomic E-state index is 0.0682. The summed E-state index contributed by atoms with van der Waals surface area (Å²) in [6, 6.07) is 12.2. The van der Waals surface area contributed by atoms with E-state index in [0.29, 0.717) is 27.9 Å². The fourth-order valence-electron chi connectivity index (χ4n) is 4.17. The van der Waals surface area contributed by atoms with E-state index in [1.54, 1.807) is 50.2 Å². The van der Waals surface area contributed by atoms with Crippen LogP contribution in [0.25, 0.3) is 11.1 Å². The molecular weight excluding hydrogens is 546 g/mol. The van der Waals surface area contributed by atoms with Crippen molar-refractivity contribution < 1.29 is 22.5 Å². The van der Waals surface area contributed by atoms with E-state index in [-0.39, 0.29) is 32.0 Å². The molecule has 2 heterocycles. The minimum atomic E-state index is -4.38. The van der Waals surface area contributed by atoms with Crippen LogP contribution in [0.5, 0.6) is 0 Å². The lowest BCUT2D eigenvalue weighted by atomic mass is 9.90. The molecule has 0 aliphatic carbocycles. The van der Waals surface area contributed by atoms with Crippen molar-refractivity contribution in [1.82, 2.24) is 5.16 Å². The van der Waals surface area contributed by atoms with Crippen molar-refractivity contribution in [2.75, 3.05) is 5.32 Å². The third-order valence-electron chi connectivity index (χ3n) is 5.90. The zero-order valence-corrected chi connectivity index (χ0v) is 23.1. The number of nitrogens with zero attached hydrogens (tertiary/aromatic N) is 1. The van der Waals surface area contributed by atoms with E-state index >= 15 is 0 Å². The van der Waals surface area contributed by atoms with Gasteiger partial charge in [-0.05, 0) is 31.9 Å². The number of carbonyl (C=O) groups excluding carboxylic acids is 2. The van der Waals surface area contributed by atoms with Crippen LogP contribution >= 0.6 is 22.9 Å². The van der Waals surface area contributed by atoms with E-state index in [0.717, 1.165) is 23.0 Å². The molecule has 0 bridgehead atoms. The van der Waals surface area contributed by atoms with Gasteiger partial charge in [0.15, 0.2) is 11.2 Å². The first-order valence-corrected chi connectivity index (χ1v) is 14.1. The van der Waals surface area contributed by atoms with Gasteiger partial charge in [0.2, 0.25) is 15.7 Å². The van der Waals surface area contributed by atoms with Gasteiger partial charge in [0.1, 0.15) is 20.5 Å². The van der Waals surface area contributed by atoms with Gasteiger partial charge in [0.25, 0.3) is 5.91 Å². The first kappa shape index (κ1) is 27.3. The average molecular weight is 570 g/mol. The first-order valence-electron chi connectivity index (χ1n) is 11.3. The number of nitrogens with one attached hydrogen (secondary N) is 1. The van der Waals surface area contributed by atoms with Gasteiger partial charge in [-0.1, -0.05) is 77.4 Å². The standard InChI is InChI=1S/C27H24ClN3O5S2/c1-5-20(30-27-22(28)16(4)31-36-27)38(34,35)25-19(13-37-24(25)26(29)33)18-12-14(2)11-15(3)21(18)23(32)17-9-7-6-8-10-17/h5-13,20,30H,1H2,2-4H3,(H2,29,33). The van der Waals surface area contributed by atoms with Crippen molar-refractivity contribution in [2.45, 2.75) is 31.0 Å². The quantitative estimate of drug-likeness (QED) is 0.195. The Hall–Kier alpha value is -3.73. The maximum atomic E-state index is 14.1. The highest BCUT2D eigenvalue weighted by Crippen LogP contribution is 2.41. The molecule has 1 atom stereocenters. The summed E-state index contributed by atoms with van der Waals surface area (Å²) in [4.78, 5) is 25.6. The Morgan fingerprint density at radius 3 is 2.42 bits per heavy atom. The number of nitrogens with two attached hydrogens (primary N) is 1. The van der Waals surface area contributed by atoms with Crippen molar-refractivity contribution in [2.24, 2.45) is 5.73 Å². The Balaban J connectivity index is 1.95. The zero-order valence-electron chi connectivity index (χ0n) is 20.7. The van der Waals surface area contributed by atoms with Crippen molar-refractivity contribution >= 4 is 50.3 Å². The van der Waals surface area contributed by atoms with E-state index in [9.17, 15) is 18.0 Å². The Morgan fingerprint density at radius 1 is 1.16 bits per heavy atom. The van der Waals surface area contributed by atoms with E-state index < -0.39 is 21.1 Å². The number of primary amides is 1. The molecule has 0 spiro atoms. The molecule has 0 aliphatic rings. The topological polar surface area (TPSA) is 132 Å². The average Bonchev–Trinajstić information content (AvgIpc) is 3.47. The predicted molar refractivity (Wildman–Crippen MR) is 149 cm³/mol. The molecular formula is C27H24ClN3O5S2. The number of aryl methyl sites for hydroxylation is 3. The molecule has 0 fully saturated rings. The maximum absolute atomic E-state index is 14.1. The number of halogens is 1. The third-order valence-corrected chi connectivity index (χ3v) is 9.44. The normalized spacial score (nSPS) is 12.2. The highest BCUT2D eigenvalue weighted by molar-refractivity contribution is 7.92. The van der Waals surface area contributed by atoms with E-state index in [2.05, 4.69) is 17.1 Å². The van der Waals surface area contributed by atoms with Crippen LogP contribution < -0.4 is 11.1 Å². The summed E-state index contributed by atoms with van der Waals surface area (Å²) in [7, 11) is -4.38. The predicted octanol–water partition coefficient (Wildman–Crippen LogP) is 5.71.